The summed E-state index contributed by atoms with van der Waals surface area (Å²) in [7, 11) is 1.66. The number of aryl methyl sites for hydroxylation is 1. The van der Waals surface area contributed by atoms with Gasteiger partial charge in [0.15, 0.2) is 5.82 Å². The van der Waals surface area contributed by atoms with Crippen molar-refractivity contribution in [3.63, 3.8) is 0 Å². The molecule has 2 rings (SSSR count). The van der Waals surface area contributed by atoms with Gasteiger partial charge >= 0.3 is 0 Å². The minimum absolute atomic E-state index is 0.128. The number of carbonyl (C=O) groups is 1. The van der Waals surface area contributed by atoms with Crippen LogP contribution in [-0.4, -0.2) is 30.6 Å². The summed E-state index contributed by atoms with van der Waals surface area (Å²) in [6.45, 7) is 0. The van der Waals surface area contributed by atoms with Crippen molar-refractivity contribution in [2.45, 2.75) is 0 Å². The number of nitrogens with zero attached hydrogens (tertiary/aromatic N) is 5. The molecule has 2 aromatic heterocycles. The highest BCUT2D eigenvalue weighted by atomic mass is 16.2. The van der Waals surface area contributed by atoms with Crippen molar-refractivity contribution in [2.24, 2.45) is 12.9 Å². The molecule has 0 radical (unpaired) electrons. The Morgan fingerprint density at radius 1 is 1.47 bits per heavy atom. The first-order chi connectivity index (χ1) is 8.20. The maximum atomic E-state index is 11.8. The molecule has 88 valence electrons. The fourth-order valence-electron chi connectivity index (χ4n) is 1.12. The number of anilines is 2. The van der Waals surface area contributed by atoms with Gasteiger partial charge in [-0.05, 0) is 0 Å². The van der Waals surface area contributed by atoms with Crippen molar-refractivity contribution in [2.75, 3.05) is 10.7 Å². The van der Waals surface area contributed by atoms with Gasteiger partial charge in [-0.1, -0.05) is 0 Å². The lowest BCUT2D eigenvalue weighted by atomic mass is 10.4. The quantitative estimate of drug-likeness (QED) is 0.466. The van der Waals surface area contributed by atoms with Crippen LogP contribution >= 0.6 is 0 Å². The van der Waals surface area contributed by atoms with Crippen LogP contribution in [0.4, 0.5) is 11.8 Å². The van der Waals surface area contributed by atoms with Crippen LogP contribution in [0.1, 0.15) is 10.5 Å². The first-order valence-corrected chi connectivity index (χ1v) is 4.64. The minimum atomic E-state index is -0.439. The van der Waals surface area contributed by atoms with E-state index in [4.69, 9.17) is 5.84 Å². The molecule has 0 saturated heterocycles. The number of nitrogens with two attached hydrogens (primary N) is 1. The van der Waals surface area contributed by atoms with E-state index < -0.39 is 5.91 Å². The van der Waals surface area contributed by atoms with Crippen LogP contribution in [0, 0.1) is 0 Å². The van der Waals surface area contributed by atoms with Gasteiger partial charge < -0.3 is 5.43 Å². The fourth-order valence-corrected chi connectivity index (χ4v) is 1.12. The fraction of sp³-hybridized carbons (Fsp3) is 0.125. The van der Waals surface area contributed by atoms with Crippen LogP contribution in [0.5, 0.6) is 0 Å². The molecule has 0 atom stereocenters. The molecule has 17 heavy (non-hydrogen) atoms. The predicted molar refractivity (Wildman–Crippen MR) is 58.8 cm³/mol. The molecule has 0 bridgehead atoms. The number of hydrazine groups is 1. The molecular formula is C8H10N8O. The molecule has 0 aliphatic heterocycles. The van der Waals surface area contributed by atoms with Crippen LogP contribution in [-0.2, 0) is 7.05 Å². The van der Waals surface area contributed by atoms with Crippen LogP contribution < -0.4 is 16.6 Å². The number of hydrogen-bond donors (Lipinski definition) is 3. The number of nitrogens with one attached hydrogen (secondary N) is 2. The van der Waals surface area contributed by atoms with Gasteiger partial charge in [-0.25, -0.2) is 15.5 Å². The van der Waals surface area contributed by atoms with Crippen LogP contribution in [0.25, 0.3) is 0 Å². The lowest BCUT2D eigenvalue weighted by molar-refractivity contribution is 0.102. The van der Waals surface area contributed by atoms with Crippen LogP contribution in [0.2, 0.25) is 0 Å². The maximum absolute atomic E-state index is 11.8. The van der Waals surface area contributed by atoms with E-state index in [-0.39, 0.29) is 5.69 Å². The summed E-state index contributed by atoms with van der Waals surface area (Å²) in [6.07, 6.45) is 4.06. The van der Waals surface area contributed by atoms with E-state index in [1.165, 1.54) is 23.4 Å². The Labute approximate surface area is 96.1 Å². The van der Waals surface area contributed by atoms with Gasteiger partial charge in [-0.2, -0.15) is 10.1 Å². The summed E-state index contributed by atoms with van der Waals surface area (Å²) in [6, 6.07) is 0. The summed E-state index contributed by atoms with van der Waals surface area (Å²) in [4.78, 5) is 23.4. The number of aromatic nitrogens is 5. The monoisotopic (exact) mass is 234 g/mol. The highest BCUT2D eigenvalue weighted by Gasteiger charge is 2.11. The first-order valence-electron chi connectivity index (χ1n) is 4.64. The molecule has 0 aliphatic rings. The highest BCUT2D eigenvalue weighted by Crippen LogP contribution is 2.04. The van der Waals surface area contributed by atoms with Crippen molar-refractivity contribution in [3.8, 4) is 0 Å². The smallest absolute Gasteiger partial charge is 0.278 e. The SMILES string of the molecule is Cn1ncnc1NC(=O)c1cncc(NN)n1. The summed E-state index contributed by atoms with van der Waals surface area (Å²) >= 11 is 0. The molecule has 0 fully saturated rings. The second-order valence-electron chi connectivity index (χ2n) is 3.10. The third-order valence-corrected chi connectivity index (χ3v) is 1.95. The van der Waals surface area contributed by atoms with Gasteiger partial charge in [-0.15, -0.1) is 0 Å². The van der Waals surface area contributed by atoms with Gasteiger partial charge in [0.25, 0.3) is 5.91 Å². The van der Waals surface area contributed by atoms with Gasteiger partial charge in [0, 0.05) is 7.05 Å². The summed E-state index contributed by atoms with van der Waals surface area (Å²) in [5.41, 5.74) is 2.43. The van der Waals surface area contributed by atoms with E-state index in [1.807, 2.05) is 0 Å². The third-order valence-electron chi connectivity index (χ3n) is 1.95. The molecule has 2 heterocycles. The van der Waals surface area contributed by atoms with Crippen molar-refractivity contribution in [1.29, 1.82) is 0 Å². The Morgan fingerprint density at radius 2 is 2.29 bits per heavy atom. The average Bonchev–Trinajstić information content (AvgIpc) is 2.75. The van der Waals surface area contributed by atoms with E-state index in [0.29, 0.717) is 11.8 Å². The van der Waals surface area contributed by atoms with E-state index >= 15 is 0 Å². The van der Waals surface area contributed by atoms with Gasteiger partial charge in [0.05, 0.1) is 12.4 Å². The standard InChI is InChI=1S/C8H10N8O/c1-16-8(11-4-12-16)14-7(17)5-2-10-3-6(13-5)15-9/h2-4H,9H2,1H3,(H,13,15)(H,11,12,14,17). The second-order valence-corrected chi connectivity index (χ2v) is 3.10. The number of carbonyl (C=O) groups excluding carboxylic acids is 1. The zero-order valence-electron chi connectivity index (χ0n) is 8.95. The topological polar surface area (TPSA) is 124 Å². The average molecular weight is 234 g/mol. The number of hydrogen-bond acceptors (Lipinski definition) is 7. The molecule has 0 unspecified atom stereocenters. The Bertz CT molecular complexity index is 536. The Kier molecular flexibility index (Phi) is 2.92. The molecule has 2 aromatic rings. The summed E-state index contributed by atoms with van der Waals surface area (Å²) < 4.78 is 1.43. The van der Waals surface area contributed by atoms with Crippen molar-refractivity contribution < 1.29 is 4.79 Å². The molecule has 9 heteroatoms. The van der Waals surface area contributed by atoms with Crippen LogP contribution in [0.3, 0.4) is 0 Å². The lowest BCUT2D eigenvalue weighted by Crippen LogP contribution is -2.18. The van der Waals surface area contributed by atoms with Gasteiger partial charge in [-0.3, -0.25) is 15.1 Å². The largest absolute Gasteiger partial charge is 0.307 e. The van der Waals surface area contributed by atoms with Crippen molar-refractivity contribution in [1.82, 2.24) is 24.7 Å². The normalized spacial score (nSPS) is 10.0. The molecule has 0 saturated carbocycles. The van der Waals surface area contributed by atoms with Gasteiger partial charge in [0.1, 0.15) is 12.0 Å². The molecular weight excluding hydrogens is 224 g/mol. The Balaban J connectivity index is 2.17. The lowest BCUT2D eigenvalue weighted by Gasteiger charge is -2.04. The first kappa shape index (κ1) is 11.0. The number of amides is 1. The Morgan fingerprint density at radius 3 is 2.94 bits per heavy atom. The minimum Gasteiger partial charge on any atom is -0.307 e. The molecule has 0 spiro atoms. The zero-order valence-corrected chi connectivity index (χ0v) is 8.95. The third kappa shape index (κ3) is 2.34. The van der Waals surface area contributed by atoms with E-state index in [9.17, 15) is 4.79 Å². The molecule has 0 aliphatic carbocycles. The molecule has 9 nitrogen and oxygen atoms in total. The zero-order chi connectivity index (χ0) is 12.3. The molecule has 4 N–H and O–H groups in total. The second kappa shape index (κ2) is 4.53. The van der Waals surface area contributed by atoms with E-state index in [1.54, 1.807) is 7.05 Å². The predicted octanol–water partition coefficient (Wildman–Crippen LogP) is -0.857. The Hall–Kier alpha value is -2.55. The number of rotatable bonds is 3. The van der Waals surface area contributed by atoms with Crippen molar-refractivity contribution in [3.05, 3.63) is 24.4 Å². The van der Waals surface area contributed by atoms with Crippen molar-refractivity contribution >= 4 is 17.7 Å². The van der Waals surface area contributed by atoms with Crippen LogP contribution in [0.15, 0.2) is 18.7 Å². The summed E-state index contributed by atoms with van der Waals surface area (Å²) in [5.74, 6) is 5.35. The summed E-state index contributed by atoms with van der Waals surface area (Å²) in [5, 5.41) is 6.36. The molecule has 0 aromatic carbocycles. The maximum Gasteiger partial charge on any atom is 0.278 e. The highest BCUT2D eigenvalue weighted by molar-refractivity contribution is 6.01. The number of nitrogen functional groups attached to an aromatic ring is 1. The molecule has 1 amide bonds. The van der Waals surface area contributed by atoms with E-state index in [0.717, 1.165) is 0 Å². The van der Waals surface area contributed by atoms with Gasteiger partial charge in [0.2, 0.25) is 5.95 Å². The van der Waals surface area contributed by atoms with E-state index in [2.05, 4.69) is 30.8 Å².